The van der Waals surface area contributed by atoms with E-state index in [1.54, 1.807) is 36.4 Å². The third-order valence-electron chi connectivity index (χ3n) is 6.48. The van der Waals surface area contributed by atoms with Gasteiger partial charge in [0.15, 0.2) is 0 Å². The minimum atomic E-state index is -4.87. The Morgan fingerprint density at radius 2 is 1.79 bits per heavy atom. The number of carbonyl (C=O) groups excluding carboxylic acids is 2. The molecule has 2 aliphatic rings. The fraction of sp³-hybridized carbons (Fsp3) is 0.214. The van der Waals surface area contributed by atoms with Crippen molar-refractivity contribution in [2.45, 2.75) is 19.3 Å². The van der Waals surface area contributed by atoms with Gasteiger partial charge in [0.05, 0.1) is 23.8 Å². The summed E-state index contributed by atoms with van der Waals surface area (Å²) in [6.45, 7) is 3.00. The molecule has 5 rings (SSSR count). The number of amides is 1. The molecule has 3 aromatic rings. The van der Waals surface area contributed by atoms with Crippen LogP contribution in [-0.2, 0) is 9.59 Å². The van der Waals surface area contributed by atoms with E-state index in [1.165, 1.54) is 17.0 Å². The van der Waals surface area contributed by atoms with Gasteiger partial charge in [-0.05, 0) is 55.0 Å². The van der Waals surface area contributed by atoms with E-state index in [1.807, 2.05) is 24.9 Å². The predicted molar refractivity (Wildman–Crippen MR) is 134 cm³/mol. The summed E-state index contributed by atoms with van der Waals surface area (Å²) in [6.07, 6.45) is -4.87. The van der Waals surface area contributed by atoms with Crippen LogP contribution in [0.4, 0.5) is 24.5 Å². The zero-order valence-corrected chi connectivity index (χ0v) is 20.5. The van der Waals surface area contributed by atoms with Crippen LogP contribution < -0.4 is 19.3 Å². The Morgan fingerprint density at radius 1 is 1.05 bits per heavy atom. The standard InChI is InChI=1S/C28H23F3N2O5/c1-16-4-3-5-17(14-16)24-23(25(34)18-6-11-22-21(15-18)32(2)12-13-37-22)26(35)27(36)33(24)19-7-9-20(10-8-19)38-28(29,30)31/h3-11,14-15,24,34H,12-13H2,1-2H3/b25-23-. The molecule has 1 saturated heterocycles. The molecule has 1 amide bonds. The van der Waals surface area contributed by atoms with Crippen molar-refractivity contribution in [1.29, 1.82) is 0 Å². The average molecular weight is 524 g/mol. The largest absolute Gasteiger partial charge is 0.573 e. The van der Waals surface area contributed by atoms with E-state index in [0.717, 1.165) is 23.4 Å². The van der Waals surface area contributed by atoms with Gasteiger partial charge < -0.3 is 19.5 Å². The molecular formula is C28H23F3N2O5. The number of benzene rings is 3. The second-order valence-electron chi connectivity index (χ2n) is 9.08. The van der Waals surface area contributed by atoms with Gasteiger partial charge in [-0.2, -0.15) is 0 Å². The Morgan fingerprint density at radius 3 is 2.47 bits per heavy atom. The number of ether oxygens (including phenoxy) is 2. The molecule has 1 unspecified atom stereocenters. The first kappa shape index (κ1) is 25.2. The molecule has 38 heavy (non-hydrogen) atoms. The number of ketones is 1. The summed E-state index contributed by atoms with van der Waals surface area (Å²) < 4.78 is 47.5. The summed E-state index contributed by atoms with van der Waals surface area (Å²) in [7, 11) is 1.88. The van der Waals surface area contributed by atoms with Gasteiger partial charge in [-0.25, -0.2) is 0 Å². The number of alkyl halides is 3. The average Bonchev–Trinajstić information content (AvgIpc) is 3.13. The Labute approximate surface area is 216 Å². The highest BCUT2D eigenvalue weighted by atomic mass is 19.4. The summed E-state index contributed by atoms with van der Waals surface area (Å²) in [5, 5.41) is 11.4. The quantitative estimate of drug-likeness (QED) is 0.282. The van der Waals surface area contributed by atoms with Crippen LogP contribution in [0.3, 0.4) is 0 Å². The van der Waals surface area contributed by atoms with E-state index in [4.69, 9.17) is 4.74 Å². The van der Waals surface area contributed by atoms with Gasteiger partial charge in [0.2, 0.25) is 0 Å². The van der Waals surface area contributed by atoms with Crippen molar-refractivity contribution in [1.82, 2.24) is 0 Å². The molecule has 2 heterocycles. The molecule has 0 saturated carbocycles. The monoisotopic (exact) mass is 524 g/mol. The van der Waals surface area contributed by atoms with Crippen molar-refractivity contribution >= 4 is 28.8 Å². The molecule has 0 bridgehead atoms. The minimum Gasteiger partial charge on any atom is -0.507 e. The van der Waals surface area contributed by atoms with Crippen molar-refractivity contribution < 1.29 is 37.3 Å². The molecular weight excluding hydrogens is 501 g/mol. The molecule has 1 fully saturated rings. The van der Waals surface area contributed by atoms with Crippen LogP contribution in [0.25, 0.3) is 5.76 Å². The smallest absolute Gasteiger partial charge is 0.507 e. The lowest BCUT2D eigenvalue weighted by Crippen LogP contribution is -2.29. The number of nitrogens with zero attached hydrogens (tertiary/aromatic N) is 2. The van der Waals surface area contributed by atoms with Crippen LogP contribution in [-0.4, -0.2) is 43.4 Å². The Kier molecular flexibility index (Phi) is 6.26. The van der Waals surface area contributed by atoms with Crippen LogP contribution in [0, 0.1) is 6.92 Å². The van der Waals surface area contributed by atoms with Crippen molar-refractivity contribution in [3.63, 3.8) is 0 Å². The van der Waals surface area contributed by atoms with Crippen LogP contribution in [0.15, 0.2) is 72.3 Å². The van der Waals surface area contributed by atoms with Gasteiger partial charge in [0, 0.05) is 18.3 Å². The number of hydrogen-bond acceptors (Lipinski definition) is 6. The third kappa shape index (κ3) is 4.65. The van der Waals surface area contributed by atoms with Crippen LogP contribution in [0.2, 0.25) is 0 Å². The van der Waals surface area contributed by atoms with E-state index >= 15 is 0 Å². The van der Waals surface area contributed by atoms with E-state index in [0.29, 0.717) is 30.0 Å². The molecule has 3 aromatic carbocycles. The lowest BCUT2D eigenvalue weighted by molar-refractivity contribution is -0.274. The molecule has 196 valence electrons. The zero-order valence-electron chi connectivity index (χ0n) is 20.5. The zero-order chi connectivity index (χ0) is 27.2. The van der Waals surface area contributed by atoms with Crippen molar-refractivity contribution in [3.05, 3.63) is 89.0 Å². The maximum absolute atomic E-state index is 13.4. The maximum atomic E-state index is 13.4. The summed E-state index contributed by atoms with van der Waals surface area (Å²) in [6, 6.07) is 15.7. The van der Waals surface area contributed by atoms with Crippen LogP contribution in [0.1, 0.15) is 22.7 Å². The molecule has 0 spiro atoms. The van der Waals surface area contributed by atoms with E-state index in [-0.39, 0.29) is 17.0 Å². The molecule has 0 aliphatic carbocycles. The number of rotatable bonds is 4. The fourth-order valence-electron chi connectivity index (χ4n) is 4.72. The number of aliphatic hydroxyl groups is 1. The number of aryl methyl sites for hydroxylation is 1. The molecule has 10 heteroatoms. The number of halogens is 3. The van der Waals surface area contributed by atoms with Crippen molar-refractivity contribution in [3.8, 4) is 11.5 Å². The number of aliphatic hydroxyl groups excluding tert-OH is 1. The molecule has 0 radical (unpaired) electrons. The van der Waals surface area contributed by atoms with Gasteiger partial charge in [0.1, 0.15) is 23.9 Å². The number of carbonyl (C=O) groups is 2. The minimum absolute atomic E-state index is 0.129. The van der Waals surface area contributed by atoms with E-state index in [9.17, 15) is 27.9 Å². The number of anilines is 2. The SMILES string of the molecule is Cc1cccc(C2/C(=C(/O)c3ccc4c(c3)N(C)CCO4)C(=O)C(=O)N2c2ccc(OC(F)(F)F)cc2)c1. The van der Waals surface area contributed by atoms with Gasteiger partial charge in [0.25, 0.3) is 11.7 Å². The van der Waals surface area contributed by atoms with Crippen molar-refractivity contribution in [2.24, 2.45) is 0 Å². The maximum Gasteiger partial charge on any atom is 0.573 e. The summed E-state index contributed by atoms with van der Waals surface area (Å²) in [5.41, 5.74) is 2.50. The highest BCUT2D eigenvalue weighted by molar-refractivity contribution is 6.51. The number of likely N-dealkylation sites (N-methyl/N-ethyl adjacent to an activating group) is 1. The van der Waals surface area contributed by atoms with E-state index in [2.05, 4.69) is 4.74 Å². The lowest BCUT2D eigenvalue weighted by Gasteiger charge is -2.28. The van der Waals surface area contributed by atoms with Crippen LogP contribution >= 0.6 is 0 Å². The van der Waals surface area contributed by atoms with Gasteiger partial charge in [-0.1, -0.05) is 29.8 Å². The number of hydrogen-bond donors (Lipinski definition) is 1. The first-order valence-electron chi connectivity index (χ1n) is 11.8. The van der Waals surface area contributed by atoms with Gasteiger partial charge in [-0.15, -0.1) is 13.2 Å². The topological polar surface area (TPSA) is 79.3 Å². The highest BCUT2D eigenvalue weighted by Gasteiger charge is 2.47. The first-order valence-corrected chi connectivity index (χ1v) is 11.8. The second-order valence-corrected chi connectivity index (χ2v) is 9.08. The number of fused-ring (bicyclic) bond motifs is 1. The Balaban J connectivity index is 1.64. The van der Waals surface area contributed by atoms with Gasteiger partial charge in [-0.3, -0.25) is 14.5 Å². The third-order valence-corrected chi connectivity index (χ3v) is 6.48. The predicted octanol–water partition coefficient (Wildman–Crippen LogP) is 5.35. The second kappa shape index (κ2) is 9.44. The van der Waals surface area contributed by atoms with Crippen LogP contribution in [0.5, 0.6) is 11.5 Å². The van der Waals surface area contributed by atoms with Crippen molar-refractivity contribution in [2.75, 3.05) is 30.0 Å². The summed E-state index contributed by atoms with van der Waals surface area (Å²) >= 11 is 0. The Bertz CT molecular complexity index is 1450. The summed E-state index contributed by atoms with van der Waals surface area (Å²) in [5.74, 6) is -2.03. The molecule has 2 aliphatic heterocycles. The normalized spacial score (nSPS) is 18.8. The van der Waals surface area contributed by atoms with Gasteiger partial charge >= 0.3 is 6.36 Å². The summed E-state index contributed by atoms with van der Waals surface area (Å²) in [4.78, 5) is 29.8. The Hall–Kier alpha value is -4.47. The van der Waals surface area contributed by atoms with E-state index < -0.39 is 29.8 Å². The number of Topliss-reactive ketones (excluding diaryl/α,β-unsaturated/α-hetero) is 1. The molecule has 1 atom stereocenters. The lowest BCUT2D eigenvalue weighted by atomic mass is 9.94. The highest BCUT2D eigenvalue weighted by Crippen LogP contribution is 2.44. The molecule has 0 aromatic heterocycles. The molecule has 1 N–H and O–H groups in total. The fourth-order valence-corrected chi connectivity index (χ4v) is 4.72. The molecule has 7 nitrogen and oxygen atoms in total. The first-order chi connectivity index (χ1) is 18.0.